The lowest BCUT2D eigenvalue weighted by Gasteiger charge is -2.23. The minimum Gasteiger partial charge on any atom is -0.398 e. The molecule has 1 amide bonds. The lowest BCUT2D eigenvalue weighted by molar-refractivity contribution is 0.0987. The van der Waals surface area contributed by atoms with E-state index >= 15 is 0 Å². The molecule has 1 aliphatic heterocycles. The third-order valence-electron chi connectivity index (χ3n) is 4.22. The van der Waals surface area contributed by atoms with Gasteiger partial charge in [-0.2, -0.15) is 0 Å². The molecule has 130 valence electrons. The van der Waals surface area contributed by atoms with Crippen LogP contribution in [-0.4, -0.2) is 12.5 Å². The smallest absolute Gasteiger partial charge is 0.258 e. The largest absolute Gasteiger partial charge is 0.398 e. The van der Waals surface area contributed by atoms with E-state index in [0.29, 0.717) is 17.8 Å². The fourth-order valence-electron chi connectivity index (χ4n) is 2.97. The van der Waals surface area contributed by atoms with Crippen LogP contribution in [0.25, 0.3) is 0 Å². The Morgan fingerprint density at radius 1 is 1.08 bits per heavy atom. The maximum atomic E-state index is 12.9. The molecule has 24 heavy (non-hydrogen) atoms. The van der Waals surface area contributed by atoms with E-state index in [2.05, 4.69) is 6.07 Å². The number of anilines is 2. The van der Waals surface area contributed by atoms with Crippen molar-refractivity contribution in [2.75, 3.05) is 17.2 Å². The van der Waals surface area contributed by atoms with Crippen LogP contribution in [0.2, 0.25) is 0 Å². The Kier molecular flexibility index (Phi) is 7.55. The fourth-order valence-corrected chi connectivity index (χ4v) is 2.97. The molecule has 0 atom stereocenters. The first-order valence-electron chi connectivity index (χ1n) is 7.69. The Morgan fingerprint density at radius 3 is 2.54 bits per heavy atom. The fraction of sp³-hybridized carbons (Fsp3) is 0.278. The van der Waals surface area contributed by atoms with Crippen molar-refractivity contribution in [3.05, 3.63) is 59.2 Å². The molecule has 0 aromatic heterocycles. The number of carbonyl (C=O) groups is 1. The van der Waals surface area contributed by atoms with Gasteiger partial charge in [0.2, 0.25) is 0 Å². The molecular formula is C18H23Cl2N3O. The highest BCUT2D eigenvalue weighted by molar-refractivity contribution is 6.07. The van der Waals surface area contributed by atoms with E-state index in [1.54, 1.807) is 6.07 Å². The summed E-state index contributed by atoms with van der Waals surface area (Å²) in [6, 6.07) is 13.5. The van der Waals surface area contributed by atoms with Gasteiger partial charge in [0.05, 0.1) is 0 Å². The first-order valence-corrected chi connectivity index (χ1v) is 7.69. The topological polar surface area (TPSA) is 72.4 Å². The van der Waals surface area contributed by atoms with Crippen LogP contribution in [0, 0.1) is 0 Å². The molecule has 0 saturated carbocycles. The minimum absolute atomic E-state index is 0. The van der Waals surface area contributed by atoms with Crippen LogP contribution in [-0.2, 0) is 13.0 Å². The zero-order valence-corrected chi connectivity index (χ0v) is 15.0. The van der Waals surface area contributed by atoms with E-state index in [1.807, 2.05) is 35.2 Å². The summed E-state index contributed by atoms with van der Waals surface area (Å²) >= 11 is 0. The van der Waals surface area contributed by atoms with Gasteiger partial charge in [-0.15, -0.1) is 24.8 Å². The maximum Gasteiger partial charge on any atom is 0.258 e. The van der Waals surface area contributed by atoms with E-state index in [9.17, 15) is 4.79 Å². The normalized spacial score (nSPS) is 13.1. The third-order valence-corrected chi connectivity index (χ3v) is 4.22. The Bertz CT molecular complexity index is 706. The van der Waals surface area contributed by atoms with Crippen LogP contribution in [0.1, 0.15) is 34.3 Å². The Labute approximate surface area is 155 Å². The summed E-state index contributed by atoms with van der Waals surface area (Å²) in [4.78, 5) is 14.8. The molecule has 0 radical (unpaired) electrons. The number of fused-ring (bicyclic) bond motifs is 1. The summed E-state index contributed by atoms with van der Waals surface area (Å²) in [6.07, 6.45) is 3.14. The van der Waals surface area contributed by atoms with Gasteiger partial charge in [0.15, 0.2) is 0 Å². The highest BCUT2D eigenvalue weighted by Crippen LogP contribution is 2.28. The molecule has 1 aliphatic rings. The van der Waals surface area contributed by atoms with Gasteiger partial charge in [-0.05, 0) is 48.6 Å². The van der Waals surface area contributed by atoms with Crippen molar-refractivity contribution in [3.8, 4) is 0 Å². The highest BCUT2D eigenvalue weighted by Gasteiger charge is 2.22. The van der Waals surface area contributed by atoms with Crippen molar-refractivity contribution in [3.63, 3.8) is 0 Å². The molecule has 0 aliphatic carbocycles. The predicted octanol–water partition coefficient (Wildman–Crippen LogP) is 3.55. The van der Waals surface area contributed by atoms with Crippen LogP contribution in [0.3, 0.4) is 0 Å². The molecule has 6 heteroatoms. The first kappa shape index (κ1) is 20.3. The number of carbonyl (C=O) groups excluding carboxylic acids is 1. The minimum atomic E-state index is 0. The summed E-state index contributed by atoms with van der Waals surface area (Å²) in [7, 11) is 0. The molecule has 4 N–H and O–H groups in total. The number of benzene rings is 2. The number of nitrogens with two attached hydrogens (primary N) is 2. The molecule has 0 unspecified atom stereocenters. The molecular weight excluding hydrogens is 345 g/mol. The van der Waals surface area contributed by atoms with Crippen molar-refractivity contribution in [1.29, 1.82) is 0 Å². The summed E-state index contributed by atoms with van der Waals surface area (Å²) in [5.74, 6) is 0.00428. The lowest BCUT2D eigenvalue weighted by atomic mass is 10.1. The highest BCUT2D eigenvalue weighted by atomic mass is 35.5. The van der Waals surface area contributed by atoms with Gasteiger partial charge in [-0.3, -0.25) is 4.79 Å². The number of hydrogen-bond donors (Lipinski definition) is 2. The maximum absolute atomic E-state index is 12.9. The number of hydrogen-bond acceptors (Lipinski definition) is 3. The molecule has 0 spiro atoms. The molecule has 1 heterocycles. The average molecular weight is 368 g/mol. The Morgan fingerprint density at radius 2 is 1.83 bits per heavy atom. The van der Waals surface area contributed by atoms with E-state index < -0.39 is 0 Å². The molecule has 3 rings (SSSR count). The predicted molar refractivity (Wildman–Crippen MR) is 104 cm³/mol. The van der Waals surface area contributed by atoms with Crippen LogP contribution in [0.5, 0.6) is 0 Å². The standard InChI is InChI=1S/C18H21N3O.2ClH/c19-12-15-9-8-14(11-16(15)20)18(22)21-10-4-3-6-13-5-1-2-7-17(13)21;;/h1-2,5,7-9,11H,3-4,6,10,12,19-20H2;2*1H. The second kappa shape index (κ2) is 8.92. The number of nitrogen functional groups attached to an aromatic ring is 1. The van der Waals surface area contributed by atoms with Crippen molar-refractivity contribution in [2.24, 2.45) is 5.73 Å². The number of rotatable bonds is 2. The summed E-state index contributed by atoms with van der Waals surface area (Å²) in [5, 5.41) is 0. The summed E-state index contributed by atoms with van der Waals surface area (Å²) in [6.45, 7) is 1.13. The van der Waals surface area contributed by atoms with Gasteiger partial charge in [0, 0.05) is 30.0 Å². The Balaban J connectivity index is 0.00000144. The second-order valence-electron chi connectivity index (χ2n) is 5.66. The summed E-state index contributed by atoms with van der Waals surface area (Å²) in [5.41, 5.74) is 15.9. The van der Waals surface area contributed by atoms with Crippen LogP contribution in [0.4, 0.5) is 11.4 Å². The number of halogens is 2. The number of para-hydroxylation sites is 1. The first-order chi connectivity index (χ1) is 10.7. The number of amides is 1. The average Bonchev–Trinajstić information content (AvgIpc) is 2.76. The van der Waals surface area contributed by atoms with Crippen LogP contribution in [0.15, 0.2) is 42.5 Å². The van der Waals surface area contributed by atoms with Crippen LogP contribution < -0.4 is 16.4 Å². The molecule has 2 aromatic rings. The van der Waals surface area contributed by atoms with Gasteiger partial charge in [-0.1, -0.05) is 24.3 Å². The number of nitrogens with zero attached hydrogens (tertiary/aromatic N) is 1. The molecule has 0 fully saturated rings. The molecule has 4 nitrogen and oxygen atoms in total. The summed E-state index contributed by atoms with van der Waals surface area (Å²) < 4.78 is 0. The second-order valence-corrected chi connectivity index (χ2v) is 5.66. The lowest BCUT2D eigenvalue weighted by Crippen LogP contribution is -2.31. The van der Waals surface area contributed by atoms with Crippen molar-refractivity contribution < 1.29 is 4.79 Å². The quantitative estimate of drug-likeness (QED) is 0.797. The van der Waals surface area contributed by atoms with Crippen molar-refractivity contribution in [1.82, 2.24) is 0 Å². The zero-order chi connectivity index (χ0) is 15.5. The third kappa shape index (κ3) is 4.01. The Hall–Kier alpha value is -1.75. The van der Waals surface area contributed by atoms with E-state index in [4.69, 9.17) is 11.5 Å². The van der Waals surface area contributed by atoms with Crippen molar-refractivity contribution >= 4 is 42.1 Å². The monoisotopic (exact) mass is 367 g/mol. The van der Waals surface area contributed by atoms with Gasteiger partial charge < -0.3 is 16.4 Å². The van der Waals surface area contributed by atoms with E-state index in [1.165, 1.54) is 5.56 Å². The SMILES string of the molecule is Cl.Cl.NCc1ccc(C(=O)N2CCCCc3ccccc32)cc1N. The van der Waals surface area contributed by atoms with Crippen LogP contribution >= 0.6 is 24.8 Å². The zero-order valence-electron chi connectivity index (χ0n) is 13.4. The van der Waals surface area contributed by atoms with Gasteiger partial charge >= 0.3 is 0 Å². The van der Waals surface area contributed by atoms with Gasteiger partial charge in [0.25, 0.3) is 5.91 Å². The molecule has 0 saturated heterocycles. The molecule has 0 bridgehead atoms. The van der Waals surface area contributed by atoms with Gasteiger partial charge in [-0.25, -0.2) is 0 Å². The molecule has 2 aromatic carbocycles. The van der Waals surface area contributed by atoms with E-state index in [0.717, 1.165) is 37.1 Å². The number of aryl methyl sites for hydroxylation is 1. The van der Waals surface area contributed by atoms with Gasteiger partial charge in [0.1, 0.15) is 0 Å². The van der Waals surface area contributed by atoms with Crippen molar-refractivity contribution in [2.45, 2.75) is 25.8 Å². The van der Waals surface area contributed by atoms with E-state index in [-0.39, 0.29) is 30.7 Å².